The molecule has 0 aliphatic carbocycles. The SMILES string of the molecule is CC.CCc1cccc(OCC(=O)NC)c1. The van der Waals surface area contributed by atoms with Crippen LogP contribution in [0.5, 0.6) is 5.75 Å². The topological polar surface area (TPSA) is 38.3 Å². The van der Waals surface area contributed by atoms with Crippen LogP contribution in [-0.4, -0.2) is 19.6 Å². The minimum absolute atomic E-state index is 0.0731. The molecule has 1 N–H and O–H groups in total. The third kappa shape index (κ3) is 5.39. The van der Waals surface area contributed by atoms with Gasteiger partial charge in [-0.15, -0.1) is 0 Å². The van der Waals surface area contributed by atoms with Crippen LogP contribution in [0.15, 0.2) is 24.3 Å². The van der Waals surface area contributed by atoms with Crippen LogP contribution in [-0.2, 0) is 11.2 Å². The lowest BCUT2D eigenvalue weighted by molar-refractivity contribution is -0.122. The van der Waals surface area contributed by atoms with Gasteiger partial charge in [-0.1, -0.05) is 32.9 Å². The first-order chi connectivity index (χ1) is 7.76. The molecule has 90 valence electrons. The van der Waals surface area contributed by atoms with E-state index in [9.17, 15) is 4.79 Å². The van der Waals surface area contributed by atoms with Crippen LogP contribution in [0.4, 0.5) is 0 Å². The molecule has 0 aliphatic rings. The second-order valence-corrected chi connectivity index (χ2v) is 2.96. The Morgan fingerprint density at radius 2 is 2.06 bits per heavy atom. The van der Waals surface area contributed by atoms with E-state index in [4.69, 9.17) is 4.74 Å². The second kappa shape index (κ2) is 8.77. The van der Waals surface area contributed by atoms with Crippen molar-refractivity contribution >= 4 is 5.91 Å². The van der Waals surface area contributed by atoms with Crippen molar-refractivity contribution in [2.24, 2.45) is 0 Å². The molecular formula is C13H21NO2. The molecule has 0 unspecified atom stereocenters. The summed E-state index contributed by atoms with van der Waals surface area (Å²) < 4.78 is 5.29. The van der Waals surface area contributed by atoms with Gasteiger partial charge in [0.05, 0.1) is 0 Å². The summed E-state index contributed by atoms with van der Waals surface area (Å²) in [6, 6.07) is 7.76. The lowest BCUT2D eigenvalue weighted by Crippen LogP contribution is -2.24. The summed E-state index contributed by atoms with van der Waals surface area (Å²) in [5, 5.41) is 2.50. The molecule has 0 fully saturated rings. The maximum atomic E-state index is 10.9. The number of carbonyl (C=O) groups is 1. The lowest BCUT2D eigenvalue weighted by Gasteiger charge is -2.05. The van der Waals surface area contributed by atoms with Crippen molar-refractivity contribution in [3.63, 3.8) is 0 Å². The lowest BCUT2D eigenvalue weighted by atomic mass is 10.2. The van der Waals surface area contributed by atoms with Crippen LogP contribution in [0, 0.1) is 0 Å². The Kier molecular flexibility index (Phi) is 7.94. The molecule has 1 rings (SSSR count). The molecule has 0 aliphatic heterocycles. The van der Waals surface area contributed by atoms with Crippen molar-refractivity contribution in [3.05, 3.63) is 29.8 Å². The summed E-state index contributed by atoms with van der Waals surface area (Å²) in [7, 11) is 1.59. The van der Waals surface area contributed by atoms with Crippen molar-refractivity contribution < 1.29 is 9.53 Å². The van der Waals surface area contributed by atoms with Crippen molar-refractivity contribution in [1.29, 1.82) is 0 Å². The highest BCUT2D eigenvalue weighted by molar-refractivity contribution is 5.77. The molecule has 0 spiro atoms. The summed E-state index contributed by atoms with van der Waals surface area (Å²) in [6.45, 7) is 6.15. The zero-order chi connectivity index (χ0) is 12.4. The Bertz CT molecular complexity index is 311. The van der Waals surface area contributed by atoms with E-state index in [-0.39, 0.29) is 12.5 Å². The van der Waals surface area contributed by atoms with Gasteiger partial charge in [-0.2, -0.15) is 0 Å². The standard InChI is InChI=1S/C11H15NO2.C2H6/c1-3-9-5-4-6-10(7-9)14-8-11(13)12-2;1-2/h4-7H,3,8H2,1-2H3,(H,12,13);1-2H3. The number of benzene rings is 1. The van der Waals surface area contributed by atoms with E-state index in [0.717, 1.165) is 12.2 Å². The van der Waals surface area contributed by atoms with Gasteiger partial charge in [0.1, 0.15) is 5.75 Å². The van der Waals surface area contributed by atoms with Crippen LogP contribution in [0.25, 0.3) is 0 Å². The first kappa shape index (κ1) is 14.5. The number of hydrogen-bond acceptors (Lipinski definition) is 2. The molecular weight excluding hydrogens is 202 g/mol. The number of amides is 1. The number of likely N-dealkylation sites (N-methyl/N-ethyl adjacent to an activating group) is 1. The van der Waals surface area contributed by atoms with Gasteiger partial charge in [0.2, 0.25) is 0 Å². The third-order valence-corrected chi connectivity index (χ3v) is 1.96. The van der Waals surface area contributed by atoms with E-state index < -0.39 is 0 Å². The predicted molar refractivity (Wildman–Crippen MR) is 66.7 cm³/mol. The van der Waals surface area contributed by atoms with Crippen LogP contribution < -0.4 is 10.1 Å². The molecule has 3 nitrogen and oxygen atoms in total. The molecule has 1 aromatic carbocycles. The summed E-state index contributed by atoms with van der Waals surface area (Å²) in [4.78, 5) is 10.9. The van der Waals surface area contributed by atoms with Crippen molar-refractivity contribution in [2.75, 3.05) is 13.7 Å². The van der Waals surface area contributed by atoms with Gasteiger partial charge in [0, 0.05) is 7.05 Å². The average Bonchev–Trinajstić information content (AvgIpc) is 2.38. The molecule has 0 radical (unpaired) electrons. The van der Waals surface area contributed by atoms with Gasteiger partial charge in [-0.3, -0.25) is 4.79 Å². The van der Waals surface area contributed by atoms with Crippen molar-refractivity contribution in [3.8, 4) is 5.75 Å². The highest BCUT2D eigenvalue weighted by Gasteiger charge is 1.99. The minimum atomic E-state index is -0.119. The number of ether oxygens (including phenoxy) is 1. The normalized spacial score (nSPS) is 8.75. The molecule has 1 aromatic rings. The van der Waals surface area contributed by atoms with Gasteiger partial charge in [-0.05, 0) is 24.1 Å². The fourth-order valence-corrected chi connectivity index (χ4v) is 1.08. The minimum Gasteiger partial charge on any atom is -0.484 e. The van der Waals surface area contributed by atoms with Gasteiger partial charge in [-0.25, -0.2) is 0 Å². The van der Waals surface area contributed by atoms with Crippen LogP contribution in [0.2, 0.25) is 0 Å². The van der Waals surface area contributed by atoms with E-state index in [1.54, 1.807) is 7.05 Å². The van der Waals surface area contributed by atoms with E-state index in [1.807, 2.05) is 38.1 Å². The molecule has 0 saturated heterocycles. The quantitative estimate of drug-likeness (QED) is 0.851. The van der Waals surface area contributed by atoms with E-state index in [2.05, 4.69) is 12.2 Å². The first-order valence-corrected chi connectivity index (χ1v) is 5.68. The van der Waals surface area contributed by atoms with Gasteiger partial charge < -0.3 is 10.1 Å². The molecule has 3 heteroatoms. The predicted octanol–water partition coefficient (Wildman–Crippen LogP) is 2.40. The van der Waals surface area contributed by atoms with Crippen LogP contribution in [0.3, 0.4) is 0 Å². The van der Waals surface area contributed by atoms with Gasteiger partial charge in [0.25, 0.3) is 5.91 Å². The van der Waals surface area contributed by atoms with E-state index >= 15 is 0 Å². The smallest absolute Gasteiger partial charge is 0.257 e. The Balaban J connectivity index is 0.00000106. The molecule has 0 aromatic heterocycles. The molecule has 0 heterocycles. The van der Waals surface area contributed by atoms with Gasteiger partial charge in [0.15, 0.2) is 6.61 Å². The fraction of sp³-hybridized carbons (Fsp3) is 0.462. The van der Waals surface area contributed by atoms with Crippen molar-refractivity contribution in [2.45, 2.75) is 27.2 Å². The maximum Gasteiger partial charge on any atom is 0.257 e. The summed E-state index contributed by atoms with van der Waals surface area (Å²) in [6.07, 6.45) is 0.969. The highest BCUT2D eigenvalue weighted by Crippen LogP contribution is 2.13. The maximum absolute atomic E-state index is 10.9. The highest BCUT2D eigenvalue weighted by atomic mass is 16.5. The third-order valence-electron chi connectivity index (χ3n) is 1.96. The number of rotatable bonds is 4. The average molecular weight is 223 g/mol. The number of nitrogens with one attached hydrogen (secondary N) is 1. The van der Waals surface area contributed by atoms with Crippen LogP contribution >= 0.6 is 0 Å². The van der Waals surface area contributed by atoms with E-state index in [1.165, 1.54) is 5.56 Å². The molecule has 1 amide bonds. The van der Waals surface area contributed by atoms with Crippen LogP contribution in [0.1, 0.15) is 26.3 Å². The molecule has 0 bridgehead atoms. The monoisotopic (exact) mass is 223 g/mol. The Morgan fingerprint density at radius 3 is 2.62 bits per heavy atom. The number of hydrogen-bond donors (Lipinski definition) is 1. The zero-order valence-electron chi connectivity index (χ0n) is 10.5. The second-order valence-electron chi connectivity index (χ2n) is 2.96. The largest absolute Gasteiger partial charge is 0.484 e. The number of aryl methyl sites for hydroxylation is 1. The van der Waals surface area contributed by atoms with Crippen molar-refractivity contribution in [1.82, 2.24) is 5.32 Å². The molecule has 0 atom stereocenters. The number of carbonyl (C=O) groups excluding carboxylic acids is 1. The Hall–Kier alpha value is -1.51. The fourth-order valence-electron chi connectivity index (χ4n) is 1.08. The molecule has 0 saturated carbocycles. The summed E-state index contributed by atoms with van der Waals surface area (Å²) in [5.74, 6) is 0.625. The Morgan fingerprint density at radius 1 is 1.38 bits per heavy atom. The van der Waals surface area contributed by atoms with Gasteiger partial charge >= 0.3 is 0 Å². The van der Waals surface area contributed by atoms with E-state index in [0.29, 0.717) is 0 Å². The zero-order valence-corrected chi connectivity index (χ0v) is 10.5. The first-order valence-electron chi connectivity index (χ1n) is 5.68. The summed E-state index contributed by atoms with van der Waals surface area (Å²) in [5.41, 5.74) is 1.21. The Labute approximate surface area is 97.8 Å². The summed E-state index contributed by atoms with van der Waals surface area (Å²) >= 11 is 0. The molecule has 16 heavy (non-hydrogen) atoms.